The topological polar surface area (TPSA) is 101 Å². The highest BCUT2D eigenvalue weighted by atomic mass is 32.2. The fraction of sp³-hybridized carbons (Fsp3) is 0.238. The number of amides is 1. The number of sulfonamides is 1. The molecule has 1 amide bonds. The summed E-state index contributed by atoms with van der Waals surface area (Å²) in [5, 5.41) is 2.70. The molecule has 30 heavy (non-hydrogen) atoms. The smallest absolute Gasteiger partial charge is 0.240 e. The fourth-order valence-corrected chi connectivity index (χ4v) is 4.00. The molecule has 0 saturated carbocycles. The highest BCUT2D eigenvalue weighted by Gasteiger charge is 2.15. The lowest BCUT2D eigenvalue weighted by Crippen LogP contribution is -2.30. The number of aryl methyl sites for hydroxylation is 1. The first kappa shape index (κ1) is 21.7. The summed E-state index contributed by atoms with van der Waals surface area (Å²) >= 11 is 0. The van der Waals surface area contributed by atoms with Crippen molar-refractivity contribution in [3.8, 4) is 11.3 Å². The molecule has 3 aromatic rings. The lowest BCUT2D eigenvalue weighted by atomic mass is 10.2. The van der Waals surface area contributed by atoms with Crippen LogP contribution in [0.2, 0.25) is 0 Å². The summed E-state index contributed by atoms with van der Waals surface area (Å²) in [5.74, 6) is -0.0662. The number of oxazole rings is 1. The van der Waals surface area contributed by atoms with E-state index in [4.69, 9.17) is 4.42 Å². The molecular weight excluding hydrogens is 409 g/mol. The van der Waals surface area contributed by atoms with E-state index in [2.05, 4.69) is 15.0 Å². The Balaban J connectivity index is 1.56. The van der Waals surface area contributed by atoms with Gasteiger partial charge in [-0.25, -0.2) is 22.5 Å². The predicted octanol–water partition coefficient (Wildman–Crippen LogP) is 3.74. The molecule has 158 valence electrons. The number of carbonyl (C=O) groups excluding carboxylic acids is 1. The van der Waals surface area contributed by atoms with Gasteiger partial charge in [-0.15, -0.1) is 0 Å². The lowest BCUT2D eigenvalue weighted by Gasteiger charge is -2.10. The number of anilines is 1. The minimum atomic E-state index is -3.58. The summed E-state index contributed by atoms with van der Waals surface area (Å²) in [7, 11) is -3.58. The van der Waals surface area contributed by atoms with Gasteiger partial charge in [0, 0.05) is 24.6 Å². The van der Waals surface area contributed by atoms with Crippen LogP contribution in [0.4, 0.5) is 10.1 Å². The van der Waals surface area contributed by atoms with E-state index in [0.717, 1.165) is 0 Å². The third kappa shape index (κ3) is 5.52. The number of carbonyl (C=O) groups is 1. The second-order valence-electron chi connectivity index (χ2n) is 6.95. The van der Waals surface area contributed by atoms with Gasteiger partial charge in [-0.05, 0) is 50.2 Å². The van der Waals surface area contributed by atoms with E-state index in [0.29, 0.717) is 22.9 Å². The van der Waals surface area contributed by atoms with Crippen LogP contribution < -0.4 is 10.0 Å². The second-order valence-corrected chi connectivity index (χ2v) is 8.66. The number of halogens is 1. The molecule has 3 rings (SSSR count). The molecule has 0 radical (unpaired) electrons. The van der Waals surface area contributed by atoms with E-state index < -0.39 is 15.8 Å². The van der Waals surface area contributed by atoms with Crippen molar-refractivity contribution >= 4 is 21.6 Å². The van der Waals surface area contributed by atoms with Crippen LogP contribution in [0.5, 0.6) is 0 Å². The van der Waals surface area contributed by atoms with Gasteiger partial charge in [0.15, 0.2) is 11.7 Å². The molecule has 1 aromatic heterocycles. The maximum absolute atomic E-state index is 13.8. The van der Waals surface area contributed by atoms with E-state index in [1.54, 1.807) is 32.0 Å². The Morgan fingerprint density at radius 1 is 1.13 bits per heavy atom. The van der Waals surface area contributed by atoms with Gasteiger partial charge >= 0.3 is 0 Å². The zero-order valence-electron chi connectivity index (χ0n) is 16.6. The molecule has 0 bridgehead atoms. The van der Waals surface area contributed by atoms with Crippen molar-refractivity contribution in [3.63, 3.8) is 0 Å². The van der Waals surface area contributed by atoms with Crippen LogP contribution in [-0.2, 0) is 21.2 Å². The zero-order chi connectivity index (χ0) is 21.7. The second kappa shape index (κ2) is 9.19. The van der Waals surface area contributed by atoms with Crippen LogP contribution in [0.1, 0.15) is 26.2 Å². The molecule has 9 heteroatoms. The first-order valence-electron chi connectivity index (χ1n) is 9.36. The first-order valence-corrected chi connectivity index (χ1v) is 10.8. The summed E-state index contributed by atoms with van der Waals surface area (Å²) < 4.78 is 46.1. The maximum Gasteiger partial charge on any atom is 0.240 e. The molecule has 0 aliphatic rings. The summed E-state index contributed by atoms with van der Waals surface area (Å²) in [4.78, 5) is 16.4. The highest BCUT2D eigenvalue weighted by molar-refractivity contribution is 7.89. The summed E-state index contributed by atoms with van der Waals surface area (Å²) in [6.07, 6.45) is 1.77. The average molecular weight is 431 g/mol. The summed E-state index contributed by atoms with van der Waals surface area (Å²) in [6, 6.07) is 11.9. The number of aromatic nitrogens is 1. The van der Waals surface area contributed by atoms with Crippen LogP contribution in [0.3, 0.4) is 0 Å². The van der Waals surface area contributed by atoms with E-state index in [9.17, 15) is 17.6 Å². The van der Waals surface area contributed by atoms with Crippen molar-refractivity contribution in [1.82, 2.24) is 9.71 Å². The van der Waals surface area contributed by atoms with Gasteiger partial charge in [0.05, 0.1) is 16.7 Å². The van der Waals surface area contributed by atoms with E-state index in [1.165, 1.54) is 36.5 Å². The number of rotatable bonds is 8. The molecule has 0 atom stereocenters. The lowest BCUT2D eigenvalue weighted by molar-refractivity contribution is -0.116. The zero-order valence-corrected chi connectivity index (χ0v) is 17.4. The van der Waals surface area contributed by atoms with E-state index >= 15 is 0 Å². The highest BCUT2D eigenvalue weighted by Crippen LogP contribution is 2.23. The molecule has 7 nitrogen and oxygen atoms in total. The Kier molecular flexibility index (Phi) is 6.63. The predicted molar refractivity (Wildman–Crippen MR) is 111 cm³/mol. The minimum Gasteiger partial charge on any atom is -0.441 e. The van der Waals surface area contributed by atoms with Gasteiger partial charge in [0.2, 0.25) is 15.9 Å². The van der Waals surface area contributed by atoms with E-state index in [1.807, 2.05) is 0 Å². The molecule has 0 saturated heterocycles. The van der Waals surface area contributed by atoms with Crippen LogP contribution in [0, 0.1) is 5.82 Å². The number of nitrogens with one attached hydrogen (secondary N) is 2. The van der Waals surface area contributed by atoms with Crippen LogP contribution in [0.25, 0.3) is 11.3 Å². The monoisotopic (exact) mass is 431 g/mol. The Morgan fingerprint density at radius 3 is 2.50 bits per heavy atom. The van der Waals surface area contributed by atoms with Crippen molar-refractivity contribution in [1.29, 1.82) is 0 Å². The molecule has 0 unspecified atom stereocenters. The molecule has 0 spiro atoms. The Morgan fingerprint density at radius 2 is 1.83 bits per heavy atom. The Bertz CT molecular complexity index is 1130. The van der Waals surface area contributed by atoms with Gasteiger partial charge in [-0.3, -0.25) is 4.79 Å². The molecule has 2 aromatic carbocycles. The summed E-state index contributed by atoms with van der Waals surface area (Å²) in [6.45, 7) is 3.47. The van der Waals surface area contributed by atoms with Gasteiger partial charge in [-0.2, -0.15) is 0 Å². The van der Waals surface area contributed by atoms with Crippen molar-refractivity contribution in [3.05, 3.63) is 66.4 Å². The molecular formula is C21H22FN3O4S. The molecule has 2 N–H and O–H groups in total. The quantitative estimate of drug-likeness (QED) is 0.566. The van der Waals surface area contributed by atoms with Crippen molar-refractivity contribution < 1.29 is 22.0 Å². The molecule has 0 aliphatic carbocycles. The first-order chi connectivity index (χ1) is 14.2. The Labute approximate surface area is 174 Å². The number of benzene rings is 2. The van der Waals surface area contributed by atoms with Crippen LogP contribution in [0.15, 0.2) is 64.0 Å². The number of hydrogen-bond acceptors (Lipinski definition) is 5. The van der Waals surface area contributed by atoms with Gasteiger partial charge in [0.25, 0.3) is 0 Å². The van der Waals surface area contributed by atoms with Crippen LogP contribution >= 0.6 is 0 Å². The standard InChI is InChI=1S/C21H22FN3O4S/c1-14(2)25-30(27,28)16-9-7-15(8-10-16)24-20(26)11-12-21-23-13-19(29-21)17-5-3-4-6-18(17)22/h3-10,13-14,25H,11-12H2,1-2H3,(H,24,26). The third-order valence-corrected chi connectivity index (χ3v) is 5.77. The third-order valence-electron chi connectivity index (χ3n) is 4.10. The molecule has 0 fully saturated rings. The van der Waals surface area contributed by atoms with Gasteiger partial charge < -0.3 is 9.73 Å². The van der Waals surface area contributed by atoms with Crippen molar-refractivity contribution in [2.24, 2.45) is 0 Å². The van der Waals surface area contributed by atoms with Crippen molar-refractivity contribution in [2.45, 2.75) is 37.6 Å². The molecule has 1 heterocycles. The van der Waals surface area contributed by atoms with E-state index in [-0.39, 0.29) is 29.7 Å². The number of nitrogens with zero attached hydrogens (tertiary/aromatic N) is 1. The largest absolute Gasteiger partial charge is 0.441 e. The maximum atomic E-state index is 13.8. The van der Waals surface area contributed by atoms with Crippen LogP contribution in [-0.4, -0.2) is 25.4 Å². The SMILES string of the molecule is CC(C)NS(=O)(=O)c1ccc(NC(=O)CCc2ncc(-c3ccccc3F)o2)cc1. The summed E-state index contributed by atoms with van der Waals surface area (Å²) in [5.41, 5.74) is 0.783. The van der Waals surface area contributed by atoms with Crippen molar-refractivity contribution in [2.75, 3.05) is 5.32 Å². The van der Waals surface area contributed by atoms with Gasteiger partial charge in [-0.1, -0.05) is 12.1 Å². The molecule has 0 aliphatic heterocycles. The number of hydrogen-bond donors (Lipinski definition) is 2. The normalized spacial score (nSPS) is 11.6. The Hall–Kier alpha value is -3.04. The fourth-order valence-electron chi connectivity index (χ4n) is 2.75. The average Bonchev–Trinajstić information content (AvgIpc) is 3.15. The minimum absolute atomic E-state index is 0.103. The van der Waals surface area contributed by atoms with Gasteiger partial charge in [0.1, 0.15) is 5.82 Å².